The van der Waals surface area contributed by atoms with Crippen LogP contribution in [0.4, 0.5) is 0 Å². The van der Waals surface area contributed by atoms with E-state index in [1.165, 1.54) is 30.2 Å². The van der Waals surface area contributed by atoms with Gasteiger partial charge in [-0.3, -0.25) is 4.79 Å². The summed E-state index contributed by atoms with van der Waals surface area (Å²) >= 11 is 2.80. The van der Waals surface area contributed by atoms with Gasteiger partial charge in [0.2, 0.25) is 0 Å². The number of terminal acetylenes is 1. The van der Waals surface area contributed by atoms with Crippen molar-refractivity contribution in [3.05, 3.63) is 58.4 Å². The molecule has 2 aromatic carbocycles. The third-order valence-corrected chi connectivity index (χ3v) is 5.72. The average Bonchev–Trinajstić information content (AvgIpc) is 3.03. The van der Waals surface area contributed by atoms with Crippen LogP contribution in [-0.2, 0) is 11.3 Å². The molecule has 0 bridgehead atoms. The molecule has 0 radical (unpaired) electrons. The van der Waals surface area contributed by atoms with Crippen molar-refractivity contribution >= 4 is 45.2 Å². The lowest BCUT2D eigenvalue weighted by Crippen LogP contribution is -2.16. The van der Waals surface area contributed by atoms with E-state index < -0.39 is 5.97 Å². The molecule has 0 N–H and O–H groups in total. The number of carbonyl (C=O) groups excluding carboxylic acids is 2. The van der Waals surface area contributed by atoms with E-state index in [9.17, 15) is 9.59 Å². The number of fused-ring (bicyclic) bond motifs is 1. The number of methoxy groups -OCH3 is 1. The Morgan fingerprint density at radius 3 is 2.78 bits per heavy atom. The van der Waals surface area contributed by atoms with Crippen LogP contribution in [-0.4, -0.2) is 29.8 Å². The number of carbonyl (C=O) groups is 2. The maximum absolute atomic E-state index is 12.7. The Morgan fingerprint density at radius 1 is 1.30 bits per heavy atom. The zero-order valence-corrected chi connectivity index (χ0v) is 16.4. The van der Waals surface area contributed by atoms with E-state index >= 15 is 0 Å². The fourth-order valence-electron chi connectivity index (χ4n) is 2.62. The van der Waals surface area contributed by atoms with Crippen LogP contribution < -0.4 is 4.80 Å². The van der Waals surface area contributed by atoms with Gasteiger partial charge in [-0.1, -0.05) is 29.4 Å². The molecule has 3 aromatic rings. The predicted octanol–water partition coefficient (Wildman–Crippen LogP) is 3.59. The number of thiazole rings is 1. The summed E-state index contributed by atoms with van der Waals surface area (Å²) in [5, 5.41) is 0. The molecule has 136 valence electrons. The van der Waals surface area contributed by atoms with Gasteiger partial charge < -0.3 is 9.30 Å². The fourth-order valence-corrected chi connectivity index (χ4v) is 4.27. The lowest BCUT2D eigenvalue weighted by Gasteiger charge is -2.03. The average molecular weight is 396 g/mol. The zero-order chi connectivity index (χ0) is 19.4. The Bertz CT molecular complexity index is 1140. The van der Waals surface area contributed by atoms with Gasteiger partial charge in [0.15, 0.2) is 4.80 Å². The second-order valence-corrected chi connectivity index (χ2v) is 7.32. The minimum Gasteiger partial charge on any atom is -0.465 e. The summed E-state index contributed by atoms with van der Waals surface area (Å²) < 4.78 is 7.36. The standard InChI is InChI=1S/C20H16N2O3S2/c1-4-11-22-15-10-9-13(19(24)25-2)12-17(15)27-20(22)21-18(23)14-7-5-6-8-16(14)26-3/h1,5-10,12H,11H2,2-3H3. The highest BCUT2D eigenvalue weighted by Gasteiger charge is 2.13. The molecule has 0 aliphatic rings. The number of aromatic nitrogens is 1. The molecule has 0 atom stereocenters. The van der Waals surface area contributed by atoms with Crippen LogP contribution in [0.1, 0.15) is 20.7 Å². The topological polar surface area (TPSA) is 60.7 Å². The Balaban J connectivity index is 2.16. The van der Waals surface area contributed by atoms with Crippen molar-refractivity contribution in [2.75, 3.05) is 13.4 Å². The normalized spacial score (nSPS) is 11.4. The van der Waals surface area contributed by atoms with Crippen LogP contribution in [0.2, 0.25) is 0 Å². The minimum atomic E-state index is -0.419. The highest BCUT2D eigenvalue weighted by Crippen LogP contribution is 2.22. The maximum atomic E-state index is 12.7. The molecule has 3 rings (SSSR count). The van der Waals surface area contributed by atoms with Crippen LogP contribution in [0.25, 0.3) is 10.2 Å². The lowest BCUT2D eigenvalue weighted by molar-refractivity contribution is 0.0601. The Morgan fingerprint density at radius 2 is 2.07 bits per heavy atom. The fraction of sp³-hybridized carbons (Fsp3) is 0.150. The van der Waals surface area contributed by atoms with Gasteiger partial charge in [0, 0.05) is 4.90 Å². The van der Waals surface area contributed by atoms with Gasteiger partial charge in [0.1, 0.15) is 0 Å². The van der Waals surface area contributed by atoms with Crippen molar-refractivity contribution < 1.29 is 14.3 Å². The van der Waals surface area contributed by atoms with E-state index in [1.54, 1.807) is 28.8 Å². The summed E-state index contributed by atoms with van der Waals surface area (Å²) in [7, 11) is 1.34. The first kappa shape index (κ1) is 19.0. The van der Waals surface area contributed by atoms with Gasteiger partial charge >= 0.3 is 5.97 Å². The Hall–Kier alpha value is -2.82. The molecule has 5 nitrogen and oxygen atoms in total. The van der Waals surface area contributed by atoms with Gasteiger partial charge in [0.05, 0.1) is 35.0 Å². The number of rotatable bonds is 4. The number of nitrogens with zero attached hydrogens (tertiary/aromatic N) is 2. The quantitative estimate of drug-likeness (QED) is 0.384. The smallest absolute Gasteiger partial charge is 0.337 e. The molecule has 0 saturated heterocycles. The molecule has 1 aromatic heterocycles. The number of benzene rings is 2. The van der Waals surface area contributed by atoms with E-state index in [-0.39, 0.29) is 12.5 Å². The van der Waals surface area contributed by atoms with Crippen LogP contribution >= 0.6 is 23.1 Å². The largest absolute Gasteiger partial charge is 0.465 e. The zero-order valence-electron chi connectivity index (χ0n) is 14.8. The van der Waals surface area contributed by atoms with Crippen molar-refractivity contribution in [2.24, 2.45) is 4.99 Å². The van der Waals surface area contributed by atoms with Gasteiger partial charge in [-0.2, -0.15) is 4.99 Å². The first-order valence-electron chi connectivity index (χ1n) is 7.96. The predicted molar refractivity (Wildman–Crippen MR) is 108 cm³/mol. The van der Waals surface area contributed by atoms with Crippen molar-refractivity contribution in [1.82, 2.24) is 4.57 Å². The van der Waals surface area contributed by atoms with Crippen molar-refractivity contribution in [3.8, 4) is 12.3 Å². The van der Waals surface area contributed by atoms with Crippen molar-refractivity contribution in [1.29, 1.82) is 0 Å². The van der Waals surface area contributed by atoms with Crippen molar-refractivity contribution in [3.63, 3.8) is 0 Å². The van der Waals surface area contributed by atoms with E-state index in [0.717, 1.165) is 15.1 Å². The molecule has 0 saturated carbocycles. The Kier molecular flexibility index (Phi) is 5.79. The maximum Gasteiger partial charge on any atom is 0.337 e. The molecule has 27 heavy (non-hydrogen) atoms. The number of thioether (sulfide) groups is 1. The molecular formula is C20H16N2O3S2. The molecular weight excluding hydrogens is 380 g/mol. The SMILES string of the molecule is C#CCn1c(=NC(=O)c2ccccc2SC)sc2cc(C(=O)OC)ccc21. The molecule has 0 aliphatic heterocycles. The van der Waals surface area contributed by atoms with Gasteiger partial charge in [-0.05, 0) is 36.6 Å². The molecule has 1 amide bonds. The van der Waals surface area contributed by atoms with Gasteiger partial charge in [-0.15, -0.1) is 18.2 Å². The first-order valence-corrected chi connectivity index (χ1v) is 10.0. The van der Waals surface area contributed by atoms with E-state index in [4.69, 9.17) is 11.2 Å². The monoisotopic (exact) mass is 396 g/mol. The molecule has 7 heteroatoms. The summed E-state index contributed by atoms with van der Waals surface area (Å²) in [6.07, 6.45) is 7.41. The molecule has 0 aliphatic carbocycles. The Labute approximate surface area is 164 Å². The third kappa shape index (κ3) is 3.82. The van der Waals surface area contributed by atoms with E-state index in [2.05, 4.69) is 10.9 Å². The molecule has 0 fully saturated rings. The number of hydrogen-bond donors (Lipinski definition) is 0. The van der Waals surface area contributed by atoms with Crippen LogP contribution in [0.5, 0.6) is 0 Å². The molecule has 1 heterocycles. The summed E-state index contributed by atoms with van der Waals surface area (Å²) in [6, 6.07) is 12.5. The van der Waals surface area contributed by atoms with E-state index in [1.807, 2.05) is 24.5 Å². The number of ether oxygens (including phenoxy) is 1. The summed E-state index contributed by atoms with van der Waals surface area (Å²) in [5.74, 6) is 1.84. The third-order valence-electron chi connectivity index (χ3n) is 3.89. The minimum absolute atomic E-state index is 0.272. The summed E-state index contributed by atoms with van der Waals surface area (Å²) in [6.45, 7) is 0.272. The van der Waals surface area contributed by atoms with Gasteiger partial charge in [-0.25, -0.2) is 4.79 Å². The number of amides is 1. The van der Waals surface area contributed by atoms with Crippen LogP contribution in [0, 0.1) is 12.3 Å². The second kappa shape index (κ2) is 8.25. The number of esters is 1. The van der Waals surface area contributed by atoms with Gasteiger partial charge in [0.25, 0.3) is 5.91 Å². The second-order valence-electron chi connectivity index (χ2n) is 5.47. The number of hydrogen-bond acceptors (Lipinski definition) is 5. The van der Waals surface area contributed by atoms with Crippen LogP contribution in [0.3, 0.4) is 0 Å². The highest BCUT2D eigenvalue weighted by atomic mass is 32.2. The highest BCUT2D eigenvalue weighted by molar-refractivity contribution is 7.98. The summed E-state index contributed by atoms with van der Waals surface area (Å²) in [4.78, 5) is 30.2. The first-order chi connectivity index (χ1) is 13.1. The van der Waals surface area contributed by atoms with Crippen molar-refractivity contribution in [2.45, 2.75) is 11.4 Å². The summed E-state index contributed by atoms with van der Waals surface area (Å²) in [5.41, 5.74) is 1.80. The van der Waals surface area contributed by atoms with Crippen LogP contribution in [0.15, 0.2) is 52.4 Å². The van der Waals surface area contributed by atoms with E-state index in [0.29, 0.717) is 15.9 Å². The lowest BCUT2D eigenvalue weighted by atomic mass is 10.2. The molecule has 0 unspecified atom stereocenters. The molecule has 0 spiro atoms.